The summed E-state index contributed by atoms with van der Waals surface area (Å²) < 4.78 is 57.4. The molecule has 0 bridgehead atoms. The molecule has 8 nitrogen and oxygen atoms in total. The lowest BCUT2D eigenvalue weighted by Crippen LogP contribution is -2.18. The van der Waals surface area contributed by atoms with Crippen molar-refractivity contribution < 1.29 is 21.6 Å². The lowest BCUT2D eigenvalue weighted by Gasteiger charge is -2.15. The predicted octanol–water partition coefficient (Wildman–Crippen LogP) is 6.08. The van der Waals surface area contributed by atoms with Gasteiger partial charge < -0.3 is 5.32 Å². The molecule has 0 aliphatic rings. The van der Waals surface area contributed by atoms with E-state index in [-0.39, 0.29) is 15.4 Å². The first-order chi connectivity index (χ1) is 18.8. The summed E-state index contributed by atoms with van der Waals surface area (Å²) in [6.45, 7) is 9.14. The molecule has 1 amide bonds. The highest BCUT2D eigenvalue weighted by molar-refractivity contribution is 7.93. The molecule has 0 saturated carbocycles. The Morgan fingerprint density at radius 3 is 1.98 bits per heavy atom. The normalized spacial score (nSPS) is 11.6. The van der Waals surface area contributed by atoms with E-state index in [0.717, 1.165) is 22.3 Å². The SMILES string of the molecule is Cc1ccc(NS(=O)(=O)c2ccc(NC(=O)c3ccc(C)c(S(=O)(=O)Nc4cccc(C)c4C)c3)cc2)c(C)c1. The summed E-state index contributed by atoms with van der Waals surface area (Å²) in [5.41, 5.74) is 5.52. The third-order valence-corrected chi connectivity index (χ3v) is 9.53. The van der Waals surface area contributed by atoms with Gasteiger partial charge in [0.05, 0.1) is 21.2 Å². The van der Waals surface area contributed by atoms with E-state index in [4.69, 9.17) is 0 Å². The van der Waals surface area contributed by atoms with Gasteiger partial charge >= 0.3 is 0 Å². The maximum absolute atomic E-state index is 13.2. The molecule has 0 fully saturated rings. The van der Waals surface area contributed by atoms with Crippen LogP contribution in [0.25, 0.3) is 0 Å². The van der Waals surface area contributed by atoms with Crippen molar-refractivity contribution >= 4 is 43.0 Å². The summed E-state index contributed by atoms with van der Waals surface area (Å²) in [5, 5.41) is 2.70. The summed E-state index contributed by atoms with van der Waals surface area (Å²) in [4.78, 5) is 13.0. The van der Waals surface area contributed by atoms with Crippen LogP contribution in [0.2, 0.25) is 0 Å². The van der Waals surface area contributed by atoms with Gasteiger partial charge in [-0.15, -0.1) is 0 Å². The molecule has 0 unspecified atom stereocenters. The van der Waals surface area contributed by atoms with E-state index in [2.05, 4.69) is 14.8 Å². The number of hydrogen-bond acceptors (Lipinski definition) is 5. The van der Waals surface area contributed by atoms with Crippen LogP contribution in [0.4, 0.5) is 17.1 Å². The van der Waals surface area contributed by atoms with Crippen LogP contribution >= 0.6 is 0 Å². The molecule has 208 valence electrons. The second kappa shape index (κ2) is 11.1. The molecule has 4 aromatic carbocycles. The first kappa shape index (κ1) is 28.8. The van der Waals surface area contributed by atoms with Gasteiger partial charge in [0.15, 0.2) is 0 Å². The molecule has 3 N–H and O–H groups in total. The molecule has 0 aromatic heterocycles. The molecule has 0 heterocycles. The number of anilines is 3. The predicted molar refractivity (Wildman–Crippen MR) is 159 cm³/mol. The van der Waals surface area contributed by atoms with Crippen LogP contribution in [0, 0.1) is 34.6 Å². The van der Waals surface area contributed by atoms with Crippen molar-refractivity contribution in [2.75, 3.05) is 14.8 Å². The van der Waals surface area contributed by atoms with Crippen molar-refractivity contribution in [3.8, 4) is 0 Å². The zero-order valence-corrected chi connectivity index (χ0v) is 24.5. The van der Waals surface area contributed by atoms with E-state index in [1.54, 1.807) is 31.2 Å². The van der Waals surface area contributed by atoms with E-state index in [1.165, 1.54) is 36.4 Å². The second-order valence-electron chi connectivity index (χ2n) is 9.74. The van der Waals surface area contributed by atoms with Gasteiger partial charge in [0.2, 0.25) is 0 Å². The molecule has 10 heteroatoms. The molecule has 0 aliphatic carbocycles. The van der Waals surface area contributed by atoms with Crippen LogP contribution in [0.1, 0.15) is 38.2 Å². The molecule has 0 radical (unpaired) electrons. The Labute approximate surface area is 235 Å². The number of amides is 1. The van der Waals surface area contributed by atoms with E-state index < -0.39 is 26.0 Å². The van der Waals surface area contributed by atoms with Gasteiger partial charge in [0, 0.05) is 11.3 Å². The highest BCUT2D eigenvalue weighted by atomic mass is 32.2. The van der Waals surface area contributed by atoms with Crippen molar-refractivity contribution in [3.63, 3.8) is 0 Å². The van der Waals surface area contributed by atoms with Gasteiger partial charge in [-0.25, -0.2) is 16.8 Å². The van der Waals surface area contributed by atoms with Crippen molar-refractivity contribution in [1.82, 2.24) is 0 Å². The molecule has 0 aliphatic heterocycles. The molecule has 0 saturated heterocycles. The maximum atomic E-state index is 13.2. The molecule has 40 heavy (non-hydrogen) atoms. The summed E-state index contributed by atoms with van der Waals surface area (Å²) >= 11 is 0. The minimum Gasteiger partial charge on any atom is -0.322 e. The van der Waals surface area contributed by atoms with Crippen molar-refractivity contribution in [1.29, 1.82) is 0 Å². The van der Waals surface area contributed by atoms with Crippen LogP contribution in [0.5, 0.6) is 0 Å². The Morgan fingerprint density at radius 2 is 1.30 bits per heavy atom. The summed E-state index contributed by atoms with van der Waals surface area (Å²) in [5.74, 6) is -0.535. The van der Waals surface area contributed by atoms with Gasteiger partial charge in [0.1, 0.15) is 0 Å². The number of aryl methyl sites for hydroxylation is 4. The first-order valence-corrected chi connectivity index (χ1v) is 15.4. The fourth-order valence-electron chi connectivity index (χ4n) is 4.14. The Balaban J connectivity index is 1.51. The number of benzene rings is 4. The first-order valence-electron chi connectivity index (χ1n) is 12.5. The van der Waals surface area contributed by atoms with Crippen molar-refractivity contribution in [3.05, 3.63) is 112 Å². The van der Waals surface area contributed by atoms with E-state index >= 15 is 0 Å². The van der Waals surface area contributed by atoms with E-state index in [0.29, 0.717) is 22.6 Å². The number of nitrogens with one attached hydrogen (secondary N) is 3. The third-order valence-electron chi connectivity index (χ3n) is 6.64. The maximum Gasteiger partial charge on any atom is 0.262 e. The molecule has 0 atom stereocenters. The molecule has 4 aromatic rings. The quantitative estimate of drug-likeness (QED) is 0.234. The fraction of sp³-hybridized carbons (Fsp3) is 0.167. The average molecular weight is 578 g/mol. The standard InChI is InChI=1S/C30H31N3O5S2/c1-19-9-16-27(22(4)17-19)32-39(35,36)26-14-12-25(13-15-26)31-30(34)24-11-10-21(3)29(18-24)40(37,38)33-28-8-6-7-20(2)23(28)5/h6-18,32-33H,1-5H3,(H,31,34). The van der Waals surface area contributed by atoms with Crippen molar-refractivity contribution in [2.24, 2.45) is 0 Å². The minimum atomic E-state index is -3.97. The highest BCUT2D eigenvalue weighted by Crippen LogP contribution is 2.26. The van der Waals surface area contributed by atoms with Crippen LogP contribution in [-0.4, -0.2) is 22.7 Å². The Bertz CT molecular complexity index is 1820. The fourth-order valence-corrected chi connectivity index (χ4v) is 6.67. The zero-order valence-electron chi connectivity index (χ0n) is 22.9. The number of hydrogen-bond donors (Lipinski definition) is 3. The largest absolute Gasteiger partial charge is 0.322 e. The number of carbonyl (C=O) groups is 1. The topological polar surface area (TPSA) is 121 Å². The van der Waals surface area contributed by atoms with E-state index in [1.807, 2.05) is 45.9 Å². The minimum absolute atomic E-state index is 0.0139. The lowest BCUT2D eigenvalue weighted by atomic mass is 10.1. The smallest absolute Gasteiger partial charge is 0.262 e. The van der Waals surface area contributed by atoms with Crippen LogP contribution in [-0.2, 0) is 20.0 Å². The molecule has 4 rings (SSSR count). The van der Waals surface area contributed by atoms with Crippen LogP contribution < -0.4 is 14.8 Å². The number of rotatable bonds is 8. The monoisotopic (exact) mass is 577 g/mol. The van der Waals surface area contributed by atoms with E-state index in [9.17, 15) is 21.6 Å². The summed E-state index contributed by atoms with van der Waals surface area (Å²) in [6.07, 6.45) is 0. The number of carbonyl (C=O) groups excluding carboxylic acids is 1. The van der Waals surface area contributed by atoms with Crippen LogP contribution in [0.3, 0.4) is 0 Å². The highest BCUT2D eigenvalue weighted by Gasteiger charge is 2.21. The lowest BCUT2D eigenvalue weighted by molar-refractivity contribution is 0.102. The Kier molecular flexibility index (Phi) is 8.04. The second-order valence-corrected chi connectivity index (χ2v) is 13.1. The van der Waals surface area contributed by atoms with Crippen LogP contribution in [0.15, 0.2) is 88.7 Å². The molecular formula is C30H31N3O5S2. The molecular weight excluding hydrogens is 546 g/mol. The number of sulfonamides is 2. The van der Waals surface area contributed by atoms with Crippen molar-refractivity contribution in [2.45, 2.75) is 44.4 Å². The zero-order chi connectivity index (χ0) is 29.2. The third kappa shape index (κ3) is 6.35. The van der Waals surface area contributed by atoms with Gasteiger partial charge in [-0.1, -0.05) is 35.9 Å². The molecule has 0 spiro atoms. The Hall–Kier alpha value is -4.15. The van der Waals surface area contributed by atoms with Gasteiger partial charge in [0.25, 0.3) is 26.0 Å². The van der Waals surface area contributed by atoms with Gasteiger partial charge in [-0.05, 0) is 105 Å². The Morgan fingerprint density at radius 1 is 0.625 bits per heavy atom. The summed E-state index contributed by atoms with van der Waals surface area (Å²) in [6, 6.07) is 20.9. The summed E-state index contributed by atoms with van der Waals surface area (Å²) in [7, 11) is -7.81. The van der Waals surface area contributed by atoms with Gasteiger partial charge in [-0.2, -0.15) is 0 Å². The average Bonchev–Trinajstić information content (AvgIpc) is 2.89. The van der Waals surface area contributed by atoms with Gasteiger partial charge in [-0.3, -0.25) is 14.2 Å².